The van der Waals surface area contributed by atoms with Crippen LogP contribution in [0.5, 0.6) is 0 Å². The quantitative estimate of drug-likeness (QED) is 0.875. The Hall–Kier alpha value is -2.61. The second-order valence-electron chi connectivity index (χ2n) is 4.30. The van der Waals surface area contributed by atoms with E-state index in [0.717, 1.165) is 16.9 Å². The minimum Gasteiger partial charge on any atom is -0.383 e. The molecule has 0 aliphatic carbocycles. The standard InChI is InChI=1S/C14H15N5/c1-9-13(16)18-10(2)19-14(9)17-8-12-5-3-4-11(6-12)7-15/h3-6H,8H2,1-2H3,(H3,16,17,18,19). The van der Waals surface area contributed by atoms with Gasteiger partial charge in [0.2, 0.25) is 0 Å². The molecule has 0 aliphatic rings. The third-order valence-corrected chi connectivity index (χ3v) is 2.81. The molecule has 96 valence electrons. The van der Waals surface area contributed by atoms with Crippen molar-refractivity contribution in [2.24, 2.45) is 0 Å². The molecule has 1 heterocycles. The lowest BCUT2D eigenvalue weighted by atomic mass is 10.1. The molecule has 19 heavy (non-hydrogen) atoms. The number of nitrogens with zero attached hydrogens (tertiary/aromatic N) is 3. The maximum Gasteiger partial charge on any atom is 0.135 e. The Kier molecular flexibility index (Phi) is 3.62. The van der Waals surface area contributed by atoms with Crippen molar-refractivity contribution >= 4 is 11.6 Å². The Morgan fingerprint density at radius 2 is 2.11 bits per heavy atom. The summed E-state index contributed by atoms with van der Waals surface area (Å²) in [5.74, 6) is 1.85. The van der Waals surface area contributed by atoms with Gasteiger partial charge in [0.05, 0.1) is 11.6 Å². The number of anilines is 2. The molecule has 1 aromatic carbocycles. The van der Waals surface area contributed by atoms with Crippen LogP contribution in [-0.2, 0) is 6.54 Å². The molecule has 0 spiro atoms. The monoisotopic (exact) mass is 253 g/mol. The first kappa shape index (κ1) is 12.8. The molecule has 3 N–H and O–H groups in total. The average Bonchev–Trinajstić information content (AvgIpc) is 2.41. The fourth-order valence-electron chi connectivity index (χ4n) is 1.76. The van der Waals surface area contributed by atoms with Crippen molar-refractivity contribution in [2.45, 2.75) is 20.4 Å². The Morgan fingerprint density at radius 1 is 1.32 bits per heavy atom. The highest BCUT2D eigenvalue weighted by atomic mass is 15.0. The molecule has 1 aromatic heterocycles. The second-order valence-corrected chi connectivity index (χ2v) is 4.30. The lowest BCUT2D eigenvalue weighted by Gasteiger charge is -2.11. The van der Waals surface area contributed by atoms with Crippen LogP contribution in [0.1, 0.15) is 22.5 Å². The summed E-state index contributed by atoms with van der Waals surface area (Å²) in [6.07, 6.45) is 0. The van der Waals surface area contributed by atoms with E-state index in [4.69, 9.17) is 11.0 Å². The fourth-order valence-corrected chi connectivity index (χ4v) is 1.76. The molecule has 5 nitrogen and oxygen atoms in total. The minimum absolute atomic E-state index is 0.487. The third-order valence-electron chi connectivity index (χ3n) is 2.81. The number of aryl methyl sites for hydroxylation is 1. The van der Waals surface area contributed by atoms with Gasteiger partial charge in [0.15, 0.2) is 0 Å². The molecule has 0 radical (unpaired) electrons. The van der Waals surface area contributed by atoms with E-state index in [1.165, 1.54) is 0 Å². The van der Waals surface area contributed by atoms with Crippen LogP contribution in [0, 0.1) is 25.2 Å². The SMILES string of the molecule is Cc1nc(N)c(C)c(NCc2cccc(C#N)c2)n1. The largest absolute Gasteiger partial charge is 0.383 e. The number of nitrogen functional groups attached to an aromatic ring is 1. The fraction of sp³-hybridized carbons (Fsp3) is 0.214. The molecular weight excluding hydrogens is 238 g/mol. The molecular formula is C14H15N5. The van der Waals surface area contributed by atoms with Gasteiger partial charge in [-0.3, -0.25) is 0 Å². The summed E-state index contributed by atoms with van der Waals surface area (Å²) >= 11 is 0. The molecule has 2 aromatic rings. The van der Waals surface area contributed by atoms with Crippen molar-refractivity contribution in [3.63, 3.8) is 0 Å². The normalized spacial score (nSPS) is 9.95. The molecule has 0 amide bonds. The number of hydrogen-bond donors (Lipinski definition) is 2. The van der Waals surface area contributed by atoms with Gasteiger partial charge in [0, 0.05) is 12.1 Å². The summed E-state index contributed by atoms with van der Waals surface area (Å²) in [6, 6.07) is 9.57. The predicted molar refractivity (Wildman–Crippen MR) is 74.4 cm³/mol. The Morgan fingerprint density at radius 3 is 2.84 bits per heavy atom. The average molecular weight is 253 g/mol. The highest BCUT2D eigenvalue weighted by Crippen LogP contribution is 2.17. The topological polar surface area (TPSA) is 87.6 Å². The van der Waals surface area contributed by atoms with Crippen LogP contribution in [0.15, 0.2) is 24.3 Å². The van der Waals surface area contributed by atoms with Crippen molar-refractivity contribution in [3.05, 3.63) is 46.8 Å². The predicted octanol–water partition coefficient (Wildman–Crippen LogP) is 2.16. The zero-order chi connectivity index (χ0) is 13.8. The third kappa shape index (κ3) is 2.99. The van der Waals surface area contributed by atoms with Gasteiger partial charge in [-0.05, 0) is 31.5 Å². The van der Waals surface area contributed by atoms with Crippen LogP contribution >= 0.6 is 0 Å². The summed E-state index contributed by atoms with van der Waals surface area (Å²) in [5, 5.41) is 12.1. The summed E-state index contributed by atoms with van der Waals surface area (Å²) in [5.41, 5.74) is 8.31. The van der Waals surface area contributed by atoms with E-state index in [0.29, 0.717) is 23.8 Å². The van der Waals surface area contributed by atoms with Gasteiger partial charge in [-0.15, -0.1) is 0 Å². The van der Waals surface area contributed by atoms with Crippen LogP contribution < -0.4 is 11.1 Å². The van der Waals surface area contributed by atoms with Gasteiger partial charge in [-0.25, -0.2) is 9.97 Å². The van der Waals surface area contributed by atoms with Gasteiger partial charge in [0.1, 0.15) is 17.5 Å². The number of nitrogens with two attached hydrogens (primary N) is 1. The van der Waals surface area contributed by atoms with E-state index in [1.54, 1.807) is 13.0 Å². The van der Waals surface area contributed by atoms with Gasteiger partial charge in [-0.1, -0.05) is 12.1 Å². The van der Waals surface area contributed by atoms with E-state index < -0.39 is 0 Å². The number of aromatic nitrogens is 2. The van der Waals surface area contributed by atoms with Crippen LogP contribution in [-0.4, -0.2) is 9.97 Å². The van der Waals surface area contributed by atoms with E-state index in [1.807, 2.05) is 25.1 Å². The number of rotatable bonds is 3. The number of hydrogen-bond acceptors (Lipinski definition) is 5. The Labute approximate surface area is 112 Å². The highest BCUT2D eigenvalue weighted by Gasteiger charge is 2.06. The molecule has 0 saturated heterocycles. The summed E-state index contributed by atoms with van der Waals surface area (Å²) in [4.78, 5) is 8.42. The van der Waals surface area contributed by atoms with Crippen LogP contribution in [0.25, 0.3) is 0 Å². The second kappa shape index (κ2) is 5.36. The molecule has 0 fully saturated rings. The van der Waals surface area contributed by atoms with Crippen molar-refractivity contribution in [1.82, 2.24) is 9.97 Å². The first-order valence-electron chi connectivity index (χ1n) is 5.94. The van der Waals surface area contributed by atoms with Crippen molar-refractivity contribution in [1.29, 1.82) is 5.26 Å². The molecule has 2 rings (SSSR count). The van der Waals surface area contributed by atoms with Gasteiger partial charge in [0.25, 0.3) is 0 Å². The van der Waals surface area contributed by atoms with Gasteiger partial charge >= 0.3 is 0 Å². The first-order chi connectivity index (χ1) is 9.10. The number of nitrogens with one attached hydrogen (secondary N) is 1. The number of nitriles is 1. The molecule has 5 heteroatoms. The zero-order valence-corrected chi connectivity index (χ0v) is 10.9. The van der Waals surface area contributed by atoms with Gasteiger partial charge < -0.3 is 11.1 Å². The van der Waals surface area contributed by atoms with Crippen molar-refractivity contribution in [3.8, 4) is 6.07 Å². The molecule has 0 atom stereocenters. The maximum atomic E-state index is 8.86. The first-order valence-corrected chi connectivity index (χ1v) is 5.94. The smallest absolute Gasteiger partial charge is 0.135 e. The molecule has 0 saturated carbocycles. The van der Waals surface area contributed by atoms with Crippen molar-refractivity contribution in [2.75, 3.05) is 11.1 Å². The van der Waals surface area contributed by atoms with E-state index >= 15 is 0 Å². The molecule has 0 unspecified atom stereocenters. The molecule has 0 aliphatic heterocycles. The minimum atomic E-state index is 0.487. The van der Waals surface area contributed by atoms with Gasteiger partial charge in [-0.2, -0.15) is 5.26 Å². The van der Waals surface area contributed by atoms with Crippen molar-refractivity contribution < 1.29 is 0 Å². The summed E-state index contributed by atoms with van der Waals surface area (Å²) in [6.45, 7) is 4.27. The lowest BCUT2D eigenvalue weighted by Crippen LogP contribution is -2.08. The van der Waals surface area contributed by atoms with E-state index in [9.17, 15) is 0 Å². The van der Waals surface area contributed by atoms with Crippen LogP contribution in [0.3, 0.4) is 0 Å². The number of benzene rings is 1. The zero-order valence-electron chi connectivity index (χ0n) is 10.9. The Bertz CT molecular complexity index is 643. The highest BCUT2D eigenvalue weighted by molar-refractivity contribution is 5.55. The lowest BCUT2D eigenvalue weighted by molar-refractivity contribution is 1.01. The molecule has 0 bridgehead atoms. The summed E-state index contributed by atoms with van der Waals surface area (Å²) in [7, 11) is 0. The van der Waals surface area contributed by atoms with Crippen LogP contribution in [0.4, 0.5) is 11.6 Å². The maximum absolute atomic E-state index is 8.86. The van der Waals surface area contributed by atoms with E-state index in [-0.39, 0.29) is 0 Å². The summed E-state index contributed by atoms with van der Waals surface area (Å²) < 4.78 is 0. The van der Waals surface area contributed by atoms with Crippen LogP contribution in [0.2, 0.25) is 0 Å². The Balaban J connectivity index is 2.17. The van der Waals surface area contributed by atoms with E-state index in [2.05, 4.69) is 21.4 Å².